The van der Waals surface area contributed by atoms with Crippen molar-refractivity contribution >= 4 is 27.5 Å². The van der Waals surface area contributed by atoms with Crippen LogP contribution in [-0.2, 0) is 32.6 Å². The molecule has 0 fully saturated rings. The summed E-state index contributed by atoms with van der Waals surface area (Å²) < 4.78 is 33.0. The van der Waals surface area contributed by atoms with E-state index in [-0.39, 0.29) is 18.9 Å². The highest BCUT2D eigenvalue weighted by Crippen LogP contribution is 2.26. The van der Waals surface area contributed by atoms with Crippen molar-refractivity contribution in [3.63, 3.8) is 0 Å². The summed E-state index contributed by atoms with van der Waals surface area (Å²) in [5.41, 5.74) is 1.45. The standard InChI is InChI=1S/C35H39N3O5S/c1-35(2,3)36-34(40)32(24-27-14-8-5-9-15-27)37(25-28-16-10-6-11-17-28)33(39)26-38(44(4,41)42)29-20-22-31(23-21-29)43-30-18-12-7-13-19-30/h5-23,32H,24-26H2,1-4H3,(H,36,40). The fraction of sp³-hybridized carbons (Fsp3) is 0.257. The first kappa shape index (κ1) is 32.3. The van der Waals surface area contributed by atoms with Gasteiger partial charge in [0.1, 0.15) is 24.1 Å². The molecule has 0 saturated carbocycles. The van der Waals surface area contributed by atoms with Crippen molar-refractivity contribution in [2.75, 3.05) is 17.1 Å². The Morgan fingerprint density at radius 2 is 1.25 bits per heavy atom. The van der Waals surface area contributed by atoms with Gasteiger partial charge in [-0.05, 0) is 68.3 Å². The molecule has 4 rings (SSSR count). The molecule has 0 aliphatic heterocycles. The topological polar surface area (TPSA) is 96.0 Å². The summed E-state index contributed by atoms with van der Waals surface area (Å²) in [6.07, 6.45) is 1.32. The lowest BCUT2D eigenvalue weighted by Gasteiger charge is -2.35. The average molecular weight is 614 g/mol. The largest absolute Gasteiger partial charge is 0.457 e. The molecule has 0 aliphatic carbocycles. The zero-order chi connectivity index (χ0) is 31.7. The molecule has 1 unspecified atom stereocenters. The number of ether oxygens (including phenoxy) is 1. The van der Waals surface area contributed by atoms with E-state index in [2.05, 4.69) is 5.32 Å². The SMILES string of the molecule is CC(C)(C)NC(=O)C(Cc1ccccc1)N(Cc1ccccc1)C(=O)CN(c1ccc(Oc2ccccc2)cc1)S(C)(=O)=O. The molecule has 0 aromatic heterocycles. The number of hydrogen-bond donors (Lipinski definition) is 1. The summed E-state index contributed by atoms with van der Waals surface area (Å²) in [4.78, 5) is 29.5. The van der Waals surface area contributed by atoms with Gasteiger partial charge in [-0.15, -0.1) is 0 Å². The molecule has 0 heterocycles. The van der Waals surface area contributed by atoms with E-state index in [0.717, 1.165) is 21.7 Å². The average Bonchev–Trinajstić information content (AvgIpc) is 2.98. The summed E-state index contributed by atoms with van der Waals surface area (Å²) in [6.45, 7) is 5.27. The van der Waals surface area contributed by atoms with Crippen LogP contribution in [0.25, 0.3) is 0 Å². The van der Waals surface area contributed by atoms with Gasteiger partial charge in [-0.25, -0.2) is 8.42 Å². The Morgan fingerprint density at radius 1 is 0.750 bits per heavy atom. The number of sulfonamides is 1. The number of amides is 2. The maximum absolute atomic E-state index is 14.2. The zero-order valence-electron chi connectivity index (χ0n) is 25.5. The van der Waals surface area contributed by atoms with E-state index in [1.54, 1.807) is 24.3 Å². The normalized spacial score (nSPS) is 12.2. The van der Waals surface area contributed by atoms with Crippen molar-refractivity contribution in [2.24, 2.45) is 0 Å². The lowest BCUT2D eigenvalue weighted by molar-refractivity contribution is -0.140. The minimum absolute atomic E-state index is 0.121. The second-order valence-electron chi connectivity index (χ2n) is 11.6. The smallest absolute Gasteiger partial charge is 0.244 e. The van der Waals surface area contributed by atoms with Crippen LogP contribution in [-0.4, -0.2) is 49.5 Å². The van der Waals surface area contributed by atoms with E-state index in [1.165, 1.54) is 4.90 Å². The number of rotatable bonds is 12. The first-order valence-corrected chi connectivity index (χ1v) is 16.2. The molecule has 0 aliphatic rings. The molecule has 230 valence electrons. The Morgan fingerprint density at radius 3 is 1.77 bits per heavy atom. The van der Waals surface area contributed by atoms with E-state index in [9.17, 15) is 18.0 Å². The highest BCUT2D eigenvalue weighted by molar-refractivity contribution is 7.92. The van der Waals surface area contributed by atoms with Crippen LogP contribution in [0, 0.1) is 0 Å². The van der Waals surface area contributed by atoms with Gasteiger partial charge in [-0.3, -0.25) is 13.9 Å². The zero-order valence-corrected chi connectivity index (χ0v) is 26.3. The maximum atomic E-state index is 14.2. The number of nitrogens with one attached hydrogen (secondary N) is 1. The van der Waals surface area contributed by atoms with Crippen LogP contribution in [0.4, 0.5) is 5.69 Å². The first-order chi connectivity index (χ1) is 20.9. The Kier molecular flexibility index (Phi) is 10.4. The van der Waals surface area contributed by atoms with E-state index in [0.29, 0.717) is 17.2 Å². The van der Waals surface area contributed by atoms with Crippen LogP contribution in [0.2, 0.25) is 0 Å². The fourth-order valence-corrected chi connectivity index (χ4v) is 5.56. The van der Waals surface area contributed by atoms with E-state index >= 15 is 0 Å². The van der Waals surface area contributed by atoms with E-state index in [4.69, 9.17) is 4.74 Å². The Bertz CT molecular complexity index is 1620. The van der Waals surface area contributed by atoms with Gasteiger partial charge in [0.2, 0.25) is 21.8 Å². The molecule has 8 nitrogen and oxygen atoms in total. The Labute approximate surface area is 260 Å². The van der Waals surface area contributed by atoms with Gasteiger partial charge in [-0.2, -0.15) is 0 Å². The highest BCUT2D eigenvalue weighted by Gasteiger charge is 2.34. The van der Waals surface area contributed by atoms with Gasteiger partial charge in [0.05, 0.1) is 11.9 Å². The third kappa shape index (κ3) is 9.44. The van der Waals surface area contributed by atoms with E-state index < -0.39 is 34.1 Å². The second kappa shape index (κ2) is 14.2. The molecule has 4 aromatic carbocycles. The van der Waals surface area contributed by atoms with Crippen molar-refractivity contribution in [1.29, 1.82) is 0 Å². The number of para-hydroxylation sites is 1. The molecule has 0 saturated heterocycles. The molecule has 1 N–H and O–H groups in total. The Balaban J connectivity index is 1.67. The van der Waals surface area contributed by atoms with Gasteiger partial charge in [0, 0.05) is 18.5 Å². The Hall–Kier alpha value is -4.63. The van der Waals surface area contributed by atoms with Crippen LogP contribution in [0.5, 0.6) is 11.5 Å². The molecule has 1 atom stereocenters. The third-order valence-electron chi connectivity index (χ3n) is 6.75. The van der Waals surface area contributed by atoms with Crippen molar-refractivity contribution in [2.45, 2.75) is 45.3 Å². The van der Waals surface area contributed by atoms with Gasteiger partial charge < -0.3 is 15.0 Å². The summed E-state index contributed by atoms with van der Waals surface area (Å²) in [7, 11) is -3.88. The minimum atomic E-state index is -3.88. The quantitative estimate of drug-likeness (QED) is 0.218. The lowest BCUT2D eigenvalue weighted by Crippen LogP contribution is -2.56. The number of carbonyl (C=O) groups excluding carboxylic acids is 2. The van der Waals surface area contributed by atoms with Crippen LogP contribution >= 0.6 is 0 Å². The number of anilines is 1. The molecule has 9 heteroatoms. The van der Waals surface area contributed by atoms with Crippen molar-refractivity contribution in [3.8, 4) is 11.5 Å². The van der Waals surface area contributed by atoms with Crippen LogP contribution < -0.4 is 14.4 Å². The molecule has 2 amide bonds. The summed E-state index contributed by atoms with van der Waals surface area (Å²) in [6, 6.07) is 33.7. The van der Waals surface area contributed by atoms with Crippen molar-refractivity contribution in [1.82, 2.24) is 10.2 Å². The van der Waals surface area contributed by atoms with Gasteiger partial charge in [0.25, 0.3) is 0 Å². The lowest BCUT2D eigenvalue weighted by atomic mass is 10.0. The number of carbonyl (C=O) groups is 2. The molecule has 0 bridgehead atoms. The summed E-state index contributed by atoms with van der Waals surface area (Å²) in [5.74, 6) is 0.338. The van der Waals surface area contributed by atoms with Gasteiger partial charge in [0.15, 0.2) is 0 Å². The van der Waals surface area contributed by atoms with Crippen LogP contribution in [0.3, 0.4) is 0 Å². The van der Waals surface area contributed by atoms with Crippen molar-refractivity contribution in [3.05, 3.63) is 126 Å². The third-order valence-corrected chi connectivity index (χ3v) is 7.89. The van der Waals surface area contributed by atoms with Gasteiger partial charge >= 0.3 is 0 Å². The molecule has 0 spiro atoms. The van der Waals surface area contributed by atoms with Crippen molar-refractivity contribution < 1.29 is 22.7 Å². The minimum Gasteiger partial charge on any atom is -0.457 e. The highest BCUT2D eigenvalue weighted by atomic mass is 32.2. The molecule has 4 aromatic rings. The predicted octanol–water partition coefficient (Wildman–Crippen LogP) is 5.80. The first-order valence-electron chi connectivity index (χ1n) is 14.4. The molecular weight excluding hydrogens is 574 g/mol. The molecular formula is C35H39N3O5S. The van der Waals surface area contributed by atoms with Crippen LogP contribution in [0.1, 0.15) is 31.9 Å². The molecule has 44 heavy (non-hydrogen) atoms. The summed E-state index contributed by atoms with van der Waals surface area (Å²) in [5, 5.41) is 3.02. The number of nitrogens with zero attached hydrogens (tertiary/aromatic N) is 2. The number of benzene rings is 4. The van der Waals surface area contributed by atoms with Gasteiger partial charge in [-0.1, -0.05) is 78.9 Å². The predicted molar refractivity (Wildman–Crippen MR) is 174 cm³/mol. The molecule has 0 radical (unpaired) electrons. The van der Waals surface area contributed by atoms with Crippen LogP contribution in [0.15, 0.2) is 115 Å². The number of hydrogen-bond acceptors (Lipinski definition) is 5. The monoisotopic (exact) mass is 613 g/mol. The van der Waals surface area contributed by atoms with E-state index in [1.807, 2.05) is 112 Å². The maximum Gasteiger partial charge on any atom is 0.244 e. The second-order valence-corrected chi connectivity index (χ2v) is 13.5. The fourth-order valence-electron chi connectivity index (χ4n) is 4.71. The summed E-state index contributed by atoms with van der Waals surface area (Å²) >= 11 is 0.